The van der Waals surface area contributed by atoms with E-state index in [1.807, 2.05) is 0 Å². The molecule has 2 aromatic rings. The van der Waals surface area contributed by atoms with Crippen LogP contribution in [0.1, 0.15) is 20.7 Å². The summed E-state index contributed by atoms with van der Waals surface area (Å²) in [7, 11) is 0. The first-order valence-electron chi connectivity index (χ1n) is 5.50. The molecular formula is C13H9Cl2N3O2. The van der Waals surface area contributed by atoms with Crippen molar-refractivity contribution < 1.29 is 9.59 Å². The van der Waals surface area contributed by atoms with Crippen LogP contribution in [0.25, 0.3) is 0 Å². The summed E-state index contributed by atoms with van der Waals surface area (Å²) in [5.41, 5.74) is 5.92. The first-order chi connectivity index (χ1) is 9.49. The van der Waals surface area contributed by atoms with Crippen molar-refractivity contribution in [2.24, 2.45) is 5.73 Å². The highest BCUT2D eigenvalue weighted by molar-refractivity contribution is 6.34. The van der Waals surface area contributed by atoms with Gasteiger partial charge in [0.15, 0.2) is 0 Å². The Morgan fingerprint density at radius 2 is 1.90 bits per heavy atom. The molecule has 0 saturated carbocycles. The Kier molecular flexibility index (Phi) is 4.22. The predicted octanol–water partition coefficient (Wildman–Crippen LogP) is 2.74. The molecule has 0 radical (unpaired) electrons. The maximum absolute atomic E-state index is 12.0. The lowest BCUT2D eigenvalue weighted by Crippen LogP contribution is -2.15. The van der Waals surface area contributed by atoms with Crippen LogP contribution in [-0.2, 0) is 0 Å². The van der Waals surface area contributed by atoms with Crippen LogP contribution in [0.15, 0.2) is 36.5 Å². The molecule has 3 N–H and O–H groups in total. The van der Waals surface area contributed by atoms with E-state index < -0.39 is 11.8 Å². The van der Waals surface area contributed by atoms with Crippen LogP contribution >= 0.6 is 23.2 Å². The molecule has 1 heterocycles. The van der Waals surface area contributed by atoms with E-state index in [0.717, 1.165) is 0 Å². The van der Waals surface area contributed by atoms with Crippen molar-refractivity contribution in [2.45, 2.75) is 0 Å². The van der Waals surface area contributed by atoms with E-state index in [1.54, 1.807) is 12.1 Å². The second-order valence-corrected chi connectivity index (χ2v) is 4.62. The smallest absolute Gasteiger partial charge is 0.258 e. The monoisotopic (exact) mass is 309 g/mol. The van der Waals surface area contributed by atoms with Crippen LogP contribution in [0.4, 0.5) is 5.69 Å². The number of nitrogens with two attached hydrogens (primary N) is 1. The number of rotatable bonds is 3. The Labute approximate surface area is 124 Å². The zero-order chi connectivity index (χ0) is 14.7. The highest BCUT2D eigenvalue weighted by Crippen LogP contribution is 2.21. The molecule has 0 saturated heterocycles. The van der Waals surface area contributed by atoms with Crippen LogP contribution in [0.2, 0.25) is 10.2 Å². The molecule has 0 aliphatic carbocycles. The molecule has 20 heavy (non-hydrogen) atoms. The number of aromatic nitrogens is 1. The predicted molar refractivity (Wildman–Crippen MR) is 77.2 cm³/mol. The van der Waals surface area contributed by atoms with Crippen molar-refractivity contribution in [3.63, 3.8) is 0 Å². The Balaban J connectivity index is 2.27. The molecule has 1 aromatic carbocycles. The number of carbonyl (C=O) groups excluding carboxylic acids is 2. The molecule has 0 aliphatic rings. The number of halogens is 2. The molecule has 2 rings (SSSR count). The summed E-state index contributed by atoms with van der Waals surface area (Å²) >= 11 is 11.7. The summed E-state index contributed by atoms with van der Waals surface area (Å²) in [5.74, 6) is -1.12. The van der Waals surface area contributed by atoms with Crippen molar-refractivity contribution in [2.75, 3.05) is 5.32 Å². The second kappa shape index (κ2) is 5.90. The highest BCUT2D eigenvalue weighted by Gasteiger charge is 2.13. The highest BCUT2D eigenvalue weighted by atomic mass is 35.5. The van der Waals surface area contributed by atoms with Crippen LogP contribution in [0.5, 0.6) is 0 Å². The fourth-order valence-corrected chi connectivity index (χ4v) is 1.96. The van der Waals surface area contributed by atoms with E-state index in [1.165, 1.54) is 24.4 Å². The maximum atomic E-state index is 12.0. The number of benzene rings is 1. The number of hydrogen-bond acceptors (Lipinski definition) is 3. The topological polar surface area (TPSA) is 85.1 Å². The second-order valence-electron chi connectivity index (χ2n) is 3.85. The van der Waals surface area contributed by atoms with Gasteiger partial charge in [0.1, 0.15) is 5.15 Å². The van der Waals surface area contributed by atoms with Gasteiger partial charge in [0, 0.05) is 11.9 Å². The summed E-state index contributed by atoms with van der Waals surface area (Å²) in [6, 6.07) is 7.55. The number of anilines is 1. The number of amides is 2. The largest absolute Gasteiger partial charge is 0.366 e. The summed E-state index contributed by atoms with van der Waals surface area (Å²) in [4.78, 5) is 27.0. The van der Waals surface area contributed by atoms with E-state index >= 15 is 0 Å². The van der Waals surface area contributed by atoms with Gasteiger partial charge in [-0.25, -0.2) is 4.98 Å². The van der Waals surface area contributed by atoms with E-state index in [2.05, 4.69) is 10.3 Å². The van der Waals surface area contributed by atoms with Crippen molar-refractivity contribution in [3.8, 4) is 0 Å². The first kappa shape index (κ1) is 14.3. The Morgan fingerprint density at radius 1 is 1.15 bits per heavy atom. The third kappa shape index (κ3) is 3.07. The lowest BCUT2D eigenvalue weighted by atomic mass is 10.2. The van der Waals surface area contributed by atoms with Crippen molar-refractivity contribution >= 4 is 40.7 Å². The molecule has 102 valence electrons. The number of carbonyl (C=O) groups is 2. The minimum absolute atomic E-state index is 0.0917. The molecule has 0 spiro atoms. The van der Waals surface area contributed by atoms with Crippen molar-refractivity contribution in [1.82, 2.24) is 4.98 Å². The molecule has 0 bridgehead atoms. The van der Waals surface area contributed by atoms with Crippen LogP contribution in [0, 0.1) is 0 Å². The number of nitrogens with one attached hydrogen (secondary N) is 1. The molecule has 0 fully saturated rings. The lowest BCUT2D eigenvalue weighted by Gasteiger charge is -2.08. The number of primary amides is 1. The first-order valence-corrected chi connectivity index (χ1v) is 6.26. The molecule has 0 atom stereocenters. The van der Waals surface area contributed by atoms with Gasteiger partial charge >= 0.3 is 0 Å². The number of hydrogen-bond donors (Lipinski definition) is 2. The third-order valence-electron chi connectivity index (χ3n) is 2.49. The SMILES string of the molecule is NC(=O)c1cc(NC(=O)c2cccnc2Cl)ccc1Cl. The van der Waals surface area contributed by atoms with Gasteiger partial charge in [-0.3, -0.25) is 9.59 Å². The number of pyridine rings is 1. The molecule has 1 aromatic heterocycles. The molecule has 0 unspecified atom stereocenters. The number of nitrogens with zero attached hydrogens (tertiary/aromatic N) is 1. The zero-order valence-corrected chi connectivity index (χ0v) is 11.6. The summed E-state index contributed by atoms with van der Waals surface area (Å²) in [5, 5.41) is 2.90. The average molecular weight is 310 g/mol. The van der Waals surface area contributed by atoms with Gasteiger partial charge in [-0.15, -0.1) is 0 Å². The molecule has 0 aliphatic heterocycles. The zero-order valence-electron chi connectivity index (χ0n) is 10.1. The maximum Gasteiger partial charge on any atom is 0.258 e. The van der Waals surface area contributed by atoms with Gasteiger partial charge in [-0.1, -0.05) is 23.2 Å². The summed E-state index contributed by atoms with van der Waals surface area (Å²) in [6.45, 7) is 0. The van der Waals surface area contributed by atoms with E-state index in [4.69, 9.17) is 28.9 Å². The minimum Gasteiger partial charge on any atom is -0.366 e. The van der Waals surface area contributed by atoms with Crippen LogP contribution in [-0.4, -0.2) is 16.8 Å². The Bertz CT molecular complexity index is 689. The Hall–Kier alpha value is -2.11. The van der Waals surface area contributed by atoms with Gasteiger partial charge in [0.05, 0.1) is 16.1 Å². The Morgan fingerprint density at radius 3 is 2.55 bits per heavy atom. The average Bonchev–Trinajstić information content (AvgIpc) is 2.41. The van der Waals surface area contributed by atoms with E-state index in [0.29, 0.717) is 5.69 Å². The van der Waals surface area contributed by atoms with Crippen LogP contribution in [0.3, 0.4) is 0 Å². The third-order valence-corrected chi connectivity index (χ3v) is 3.12. The molecule has 7 heteroatoms. The summed E-state index contributed by atoms with van der Waals surface area (Å²) < 4.78 is 0. The molecule has 2 amide bonds. The van der Waals surface area contributed by atoms with Crippen LogP contribution < -0.4 is 11.1 Å². The quantitative estimate of drug-likeness (QED) is 0.855. The van der Waals surface area contributed by atoms with E-state index in [9.17, 15) is 9.59 Å². The summed E-state index contributed by atoms with van der Waals surface area (Å²) in [6.07, 6.45) is 1.48. The van der Waals surface area contributed by atoms with Crippen molar-refractivity contribution in [1.29, 1.82) is 0 Å². The minimum atomic E-state index is -0.675. The van der Waals surface area contributed by atoms with Gasteiger partial charge in [0.2, 0.25) is 5.91 Å². The molecular weight excluding hydrogens is 301 g/mol. The van der Waals surface area contributed by atoms with Gasteiger partial charge in [0.25, 0.3) is 5.91 Å². The van der Waals surface area contributed by atoms with E-state index in [-0.39, 0.29) is 21.3 Å². The fraction of sp³-hybridized carbons (Fsp3) is 0. The van der Waals surface area contributed by atoms with Gasteiger partial charge < -0.3 is 11.1 Å². The normalized spacial score (nSPS) is 10.1. The fourth-order valence-electron chi connectivity index (χ4n) is 1.55. The molecule has 5 nitrogen and oxygen atoms in total. The standard InChI is InChI=1S/C13H9Cl2N3O2/c14-10-4-3-7(6-9(10)12(16)19)18-13(20)8-2-1-5-17-11(8)15/h1-6H,(H2,16,19)(H,18,20). The van der Waals surface area contributed by atoms with Crippen molar-refractivity contribution in [3.05, 3.63) is 57.8 Å². The van der Waals surface area contributed by atoms with Gasteiger partial charge in [-0.2, -0.15) is 0 Å². The lowest BCUT2D eigenvalue weighted by molar-refractivity contribution is 0.0996. The van der Waals surface area contributed by atoms with Gasteiger partial charge in [-0.05, 0) is 30.3 Å².